The third kappa shape index (κ3) is 1.92. The average molecular weight is 317 g/mol. The van der Waals surface area contributed by atoms with Gasteiger partial charge in [-0.1, -0.05) is 23.7 Å². The number of nitrogens with one attached hydrogen (secondary N) is 1. The highest BCUT2D eigenvalue weighted by atomic mass is 35.5. The number of rotatable bonds is 3. The number of imidazole rings is 1. The van der Waals surface area contributed by atoms with Crippen molar-refractivity contribution in [3.05, 3.63) is 52.1 Å². The van der Waals surface area contributed by atoms with E-state index in [1.54, 1.807) is 7.11 Å². The summed E-state index contributed by atoms with van der Waals surface area (Å²) in [5.41, 5.74) is 9.22. The number of hydrogen-bond donors (Lipinski definition) is 2. The second-order valence-corrected chi connectivity index (χ2v) is 5.57. The molecule has 0 bridgehead atoms. The van der Waals surface area contributed by atoms with E-state index in [1.165, 1.54) is 0 Å². The minimum atomic E-state index is -0.0959. The second kappa shape index (κ2) is 4.86. The first-order chi connectivity index (χ1) is 10.7. The zero-order valence-corrected chi connectivity index (χ0v) is 12.5. The Morgan fingerprint density at radius 1 is 1.32 bits per heavy atom. The number of nitrogens with two attached hydrogens (primary N) is 1. The van der Waals surface area contributed by atoms with Gasteiger partial charge in [0.05, 0.1) is 11.6 Å². The smallest absolute Gasteiger partial charge is 0.292 e. The van der Waals surface area contributed by atoms with E-state index in [1.807, 2.05) is 24.3 Å². The van der Waals surface area contributed by atoms with Crippen molar-refractivity contribution >= 4 is 17.6 Å². The molecule has 0 aliphatic heterocycles. The maximum atomic E-state index is 5.98. The van der Waals surface area contributed by atoms with Crippen molar-refractivity contribution < 1.29 is 9.15 Å². The van der Waals surface area contributed by atoms with Gasteiger partial charge in [0.15, 0.2) is 5.76 Å². The lowest BCUT2D eigenvalue weighted by Gasteiger charge is -2.10. The fourth-order valence-corrected chi connectivity index (χ4v) is 2.98. The Kier molecular flexibility index (Phi) is 2.95. The van der Waals surface area contributed by atoms with Crippen LogP contribution in [0.25, 0.3) is 11.5 Å². The minimum Gasteiger partial charge on any atom is -0.422 e. The molecule has 0 amide bonds. The molecule has 22 heavy (non-hydrogen) atoms. The number of nitrogen functional groups attached to an aromatic ring is 1. The third-order valence-corrected chi connectivity index (χ3v) is 3.96. The predicted octanol–water partition coefficient (Wildman–Crippen LogP) is 2.94. The fraction of sp³-hybridized carbons (Fsp3) is 0.200. The van der Waals surface area contributed by atoms with E-state index < -0.39 is 0 Å². The van der Waals surface area contributed by atoms with Crippen LogP contribution in [0.5, 0.6) is 0 Å². The molecule has 0 unspecified atom stereocenters. The molecule has 1 atom stereocenters. The van der Waals surface area contributed by atoms with Gasteiger partial charge in [-0.25, -0.2) is 4.98 Å². The molecule has 0 spiro atoms. The van der Waals surface area contributed by atoms with E-state index in [0.29, 0.717) is 17.4 Å². The molecule has 7 heteroatoms. The molecular weight excluding hydrogens is 304 g/mol. The van der Waals surface area contributed by atoms with Crippen molar-refractivity contribution in [3.8, 4) is 11.5 Å². The number of H-pyrrole nitrogens is 1. The summed E-state index contributed by atoms with van der Waals surface area (Å²) in [4.78, 5) is 12.2. The summed E-state index contributed by atoms with van der Waals surface area (Å²) >= 11 is 5.98. The quantitative estimate of drug-likeness (QED) is 0.606. The zero-order chi connectivity index (χ0) is 15.3. The number of halogens is 1. The molecule has 112 valence electrons. The van der Waals surface area contributed by atoms with Crippen molar-refractivity contribution in [2.75, 3.05) is 12.8 Å². The molecule has 2 heterocycles. The van der Waals surface area contributed by atoms with Crippen LogP contribution in [0.3, 0.4) is 0 Å². The number of benzene rings is 1. The number of ether oxygens (including phenoxy) is 1. The highest BCUT2D eigenvalue weighted by Crippen LogP contribution is 2.47. The van der Waals surface area contributed by atoms with Gasteiger partial charge in [0.25, 0.3) is 6.01 Å². The van der Waals surface area contributed by atoms with Crippen LogP contribution in [0.2, 0.25) is 5.02 Å². The minimum absolute atomic E-state index is 0.0959. The van der Waals surface area contributed by atoms with Crippen LogP contribution >= 0.6 is 11.6 Å². The van der Waals surface area contributed by atoms with Gasteiger partial charge in [0.1, 0.15) is 23.8 Å². The molecule has 0 saturated carbocycles. The third-order valence-electron chi connectivity index (χ3n) is 3.71. The predicted molar refractivity (Wildman–Crippen MR) is 81.6 cm³/mol. The molecule has 4 rings (SSSR count). The number of nitrogens with zero attached hydrogens (tertiary/aromatic N) is 2. The summed E-state index contributed by atoms with van der Waals surface area (Å²) in [6.45, 7) is 0.402. The lowest BCUT2D eigenvalue weighted by atomic mass is 9.96. The largest absolute Gasteiger partial charge is 0.422 e. The summed E-state index contributed by atoms with van der Waals surface area (Å²) < 4.78 is 10.7. The molecule has 6 nitrogen and oxygen atoms in total. The van der Waals surface area contributed by atoms with E-state index in [0.717, 1.165) is 28.5 Å². The van der Waals surface area contributed by atoms with Crippen LogP contribution in [0.4, 0.5) is 6.01 Å². The molecule has 0 radical (unpaired) electrons. The molecule has 1 aliphatic carbocycles. The maximum absolute atomic E-state index is 5.98. The first-order valence-electron chi connectivity index (χ1n) is 6.77. The zero-order valence-electron chi connectivity index (χ0n) is 11.8. The van der Waals surface area contributed by atoms with Gasteiger partial charge in [-0.05, 0) is 17.7 Å². The summed E-state index contributed by atoms with van der Waals surface area (Å²) in [7, 11) is 1.63. The molecule has 0 saturated heterocycles. The topological polar surface area (TPSA) is 90.0 Å². The Morgan fingerprint density at radius 3 is 2.82 bits per heavy atom. The van der Waals surface area contributed by atoms with Crippen molar-refractivity contribution in [2.24, 2.45) is 0 Å². The van der Waals surface area contributed by atoms with Crippen molar-refractivity contribution in [1.29, 1.82) is 0 Å². The molecule has 1 aromatic carbocycles. The van der Waals surface area contributed by atoms with Crippen molar-refractivity contribution in [2.45, 2.75) is 12.5 Å². The molecule has 3 N–H and O–H groups in total. The SMILES string of the molecule is COCc1nc2c([nH]1)[C@@H](c1ccc(Cl)cc1)c1nc(N)oc1-2. The van der Waals surface area contributed by atoms with Crippen LogP contribution in [0.15, 0.2) is 28.7 Å². The lowest BCUT2D eigenvalue weighted by molar-refractivity contribution is 0.178. The van der Waals surface area contributed by atoms with Crippen LogP contribution in [0.1, 0.15) is 28.7 Å². The Balaban J connectivity index is 1.89. The van der Waals surface area contributed by atoms with E-state index in [9.17, 15) is 0 Å². The van der Waals surface area contributed by atoms with Gasteiger partial charge in [-0.2, -0.15) is 4.98 Å². The molecule has 0 fully saturated rings. The summed E-state index contributed by atoms with van der Waals surface area (Å²) in [6.07, 6.45) is 0. The lowest BCUT2D eigenvalue weighted by Crippen LogP contribution is -2.02. The van der Waals surface area contributed by atoms with Gasteiger partial charge < -0.3 is 19.9 Å². The number of oxazole rings is 1. The maximum Gasteiger partial charge on any atom is 0.292 e. The number of aromatic nitrogens is 3. The Morgan fingerprint density at radius 2 is 2.09 bits per heavy atom. The van der Waals surface area contributed by atoms with E-state index in [-0.39, 0.29) is 11.9 Å². The number of anilines is 1. The van der Waals surface area contributed by atoms with Crippen molar-refractivity contribution in [1.82, 2.24) is 15.0 Å². The van der Waals surface area contributed by atoms with E-state index in [2.05, 4.69) is 15.0 Å². The number of aromatic amines is 1. The summed E-state index contributed by atoms with van der Waals surface area (Å²) in [6, 6.07) is 7.78. The molecule has 1 aliphatic rings. The van der Waals surface area contributed by atoms with Gasteiger partial charge in [0, 0.05) is 12.1 Å². The number of hydrogen-bond acceptors (Lipinski definition) is 5. The Hall–Kier alpha value is -2.31. The molecular formula is C15H13ClN4O2. The monoisotopic (exact) mass is 316 g/mol. The summed E-state index contributed by atoms with van der Waals surface area (Å²) in [5.74, 6) is 1.26. The van der Waals surface area contributed by atoms with Crippen LogP contribution < -0.4 is 5.73 Å². The average Bonchev–Trinajstić information content (AvgIpc) is 3.11. The van der Waals surface area contributed by atoms with Gasteiger partial charge in [-0.3, -0.25) is 0 Å². The Labute approximate surface area is 131 Å². The van der Waals surface area contributed by atoms with E-state index in [4.69, 9.17) is 26.5 Å². The van der Waals surface area contributed by atoms with Gasteiger partial charge in [0.2, 0.25) is 0 Å². The number of fused-ring (bicyclic) bond motifs is 3. The molecule has 2 aromatic heterocycles. The standard InChI is InChI=1S/C15H13ClN4O2/c1-21-6-9-18-11-10(7-2-4-8(16)5-3-7)12-14(13(11)19-9)22-15(17)20-12/h2-5,10H,6H2,1H3,(H2,17,20)(H,18,19)/t10-/m1/s1. The van der Waals surface area contributed by atoms with Gasteiger partial charge in [-0.15, -0.1) is 0 Å². The summed E-state index contributed by atoms with van der Waals surface area (Å²) in [5, 5.41) is 0.687. The van der Waals surface area contributed by atoms with Crippen LogP contribution in [0, 0.1) is 0 Å². The highest BCUT2D eigenvalue weighted by molar-refractivity contribution is 6.30. The highest BCUT2D eigenvalue weighted by Gasteiger charge is 2.38. The van der Waals surface area contributed by atoms with Crippen molar-refractivity contribution in [3.63, 3.8) is 0 Å². The Bertz CT molecular complexity index is 838. The first kappa shape index (κ1) is 13.4. The second-order valence-electron chi connectivity index (χ2n) is 5.13. The normalized spacial score (nSPS) is 15.8. The van der Waals surface area contributed by atoms with Crippen LogP contribution in [-0.2, 0) is 11.3 Å². The number of methoxy groups -OCH3 is 1. The van der Waals surface area contributed by atoms with Gasteiger partial charge >= 0.3 is 0 Å². The van der Waals surface area contributed by atoms with Crippen LogP contribution in [-0.4, -0.2) is 22.1 Å². The fourth-order valence-electron chi connectivity index (χ4n) is 2.86. The molecule has 3 aromatic rings. The van der Waals surface area contributed by atoms with E-state index >= 15 is 0 Å². The first-order valence-corrected chi connectivity index (χ1v) is 7.15.